The average Bonchev–Trinajstić information content (AvgIpc) is 2.63. The molecule has 0 amide bonds. The third-order valence-corrected chi connectivity index (χ3v) is 3.58. The largest absolute Gasteiger partial charge is 0.411 e. The van der Waals surface area contributed by atoms with E-state index < -0.39 is 0 Å². The number of aromatic nitrogens is 2. The summed E-state index contributed by atoms with van der Waals surface area (Å²) < 4.78 is 0. The standard InChI is InChI=1S/C9H13N5OS/c10-7-4-8(11)13-9(12-7)16-6-3-1-2-5(6)14-15/h4,6,15H,1-3H2,(H4,10,11,12,13)/b14-5+. The van der Waals surface area contributed by atoms with Crippen molar-refractivity contribution in [3.63, 3.8) is 0 Å². The number of anilines is 2. The molecule has 0 saturated heterocycles. The molecular formula is C9H13N5OS. The van der Waals surface area contributed by atoms with Crippen LogP contribution in [0.3, 0.4) is 0 Å². The van der Waals surface area contributed by atoms with Crippen LogP contribution in [0.15, 0.2) is 16.4 Å². The molecule has 0 spiro atoms. The van der Waals surface area contributed by atoms with Crippen molar-refractivity contribution in [2.24, 2.45) is 5.16 Å². The van der Waals surface area contributed by atoms with Gasteiger partial charge in [-0.15, -0.1) is 0 Å². The topological polar surface area (TPSA) is 110 Å². The van der Waals surface area contributed by atoms with Crippen LogP contribution in [-0.4, -0.2) is 26.1 Å². The van der Waals surface area contributed by atoms with Gasteiger partial charge in [0.15, 0.2) is 5.16 Å². The molecule has 86 valence electrons. The van der Waals surface area contributed by atoms with Crippen LogP contribution in [0, 0.1) is 0 Å². The lowest BCUT2D eigenvalue weighted by atomic mass is 10.3. The van der Waals surface area contributed by atoms with E-state index >= 15 is 0 Å². The zero-order valence-electron chi connectivity index (χ0n) is 8.63. The highest BCUT2D eigenvalue weighted by molar-refractivity contribution is 8.00. The van der Waals surface area contributed by atoms with Crippen molar-refractivity contribution in [1.82, 2.24) is 9.97 Å². The van der Waals surface area contributed by atoms with Crippen LogP contribution in [0.5, 0.6) is 0 Å². The number of hydrogen-bond donors (Lipinski definition) is 3. The lowest BCUT2D eigenvalue weighted by molar-refractivity contribution is 0.317. The summed E-state index contributed by atoms with van der Waals surface area (Å²) in [4.78, 5) is 8.16. The summed E-state index contributed by atoms with van der Waals surface area (Å²) in [6.07, 6.45) is 2.81. The number of nitrogens with zero attached hydrogens (tertiary/aromatic N) is 3. The van der Waals surface area contributed by atoms with Crippen molar-refractivity contribution in [2.45, 2.75) is 29.7 Å². The maximum Gasteiger partial charge on any atom is 0.192 e. The van der Waals surface area contributed by atoms with Gasteiger partial charge in [-0.1, -0.05) is 16.9 Å². The van der Waals surface area contributed by atoms with Gasteiger partial charge in [0.1, 0.15) is 11.6 Å². The number of rotatable bonds is 2. The van der Waals surface area contributed by atoms with Gasteiger partial charge < -0.3 is 16.7 Å². The lowest BCUT2D eigenvalue weighted by Gasteiger charge is -2.08. The third-order valence-electron chi connectivity index (χ3n) is 2.39. The Balaban J connectivity index is 2.14. The minimum absolute atomic E-state index is 0.131. The molecule has 1 aliphatic rings. The highest BCUT2D eigenvalue weighted by atomic mass is 32.2. The predicted octanol–water partition coefficient (Wildman–Crippen LogP) is 1.12. The molecule has 1 saturated carbocycles. The molecule has 1 aromatic rings. The molecule has 0 bridgehead atoms. The summed E-state index contributed by atoms with van der Waals surface area (Å²) in [6, 6.07) is 1.51. The van der Waals surface area contributed by atoms with Gasteiger partial charge >= 0.3 is 0 Å². The number of nitrogen functional groups attached to an aromatic ring is 2. The highest BCUT2D eigenvalue weighted by Gasteiger charge is 2.25. The molecule has 0 radical (unpaired) electrons. The Morgan fingerprint density at radius 2 is 2.06 bits per heavy atom. The summed E-state index contributed by atoms with van der Waals surface area (Å²) in [5.74, 6) is 0.714. The average molecular weight is 239 g/mol. The molecule has 0 aromatic carbocycles. The molecule has 5 N–H and O–H groups in total. The molecule has 2 rings (SSSR count). The Bertz CT molecular complexity index is 402. The molecule has 1 fully saturated rings. The molecule has 0 aliphatic heterocycles. The Labute approximate surface area is 97.1 Å². The van der Waals surface area contributed by atoms with E-state index in [0.717, 1.165) is 25.0 Å². The fraction of sp³-hybridized carbons (Fsp3) is 0.444. The monoisotopic (exact) mass is 239 g/mol. The summed E-state index contributed by atoms with van der Waals surface area (Å²) >= 11 is 1.44. The summed E-state index contributed by atoms with van der Waals surface area (Å²) in [7, 11) is 0. The van der Waals surface area contributed by atoms with Crippen LogP contribution in [0.4, 0.5) is 11.6 Å². The van der Waals surface area contributed by atoms with E-state index in [1.54, 1.807) is 0 Å². The molecule has 1 heterocycles. The first-order valence-electron chi connectivity index (χ1n) is 4.96. The van der Waals surface area contributed by atoms with Crippen LogP contribution in [-0.2, 0) is 0 Å². The van der Waals surface area contributed by atoms with Gasteiger partial charge in [0, 0.05) is 6.07 Å². The summed E-state index contributed by atoms with van der Waals surface area (Å²) in [5, 5.41) is 12.8. The Morgan fingerprint density at radius 3 is 2.69 bits per heavy atom. The lowest BCUT2D eigenvalue weighted by Crippen LogP contribution is -2.10. The van der Waals surface area contributed by atoms with Crippen LogP contribution in [0.1, 0.15) is 19.3 Å². The molecule has 6 nitrogen and oxygen atoms in total. The summed E-state index contributed by atoms with van der Waals surface area (Å²) in [5.41, 5.74) is 11.9. The van der Waals surface area contributed by atoms with Gasteiger partial charge in [0.25, 0.3) is 0 Å². The maximum atomic E-state index is 8.81. The minimum Gasteiger partial charge on any atom is -0.411 e. The Kier molecular flexibility index (Phi) is 3.14. The fourth-order valence-corrected chi connectivity index (χ4v) is 2.84. The van der Waals surface area contributed by atoms with Crippen LogP contribution >= 0.6 is 11.8 Å². The second-order valence-corrected chi connectivity index (χ2v) is 4.76. The fourth-order valence-electron chi connectivity index (χ4n) is 1.68. The van der Waals surface area contributed by atoms with E-state index in [1.165, 1.54) is 17.8 Å². The van der Waals surface area contributed by atoms with Crippen molar-refractivity contribution >= 4 is 29.1 Å². The molecular weight excluding hydrogens is 226 g/mol. The van der Waals surface area contributed by atoms with E-state index in [9.17, 15) is 0 Å². The normalized spacial score (nSPS) is 22.8. The zero-order chi connectivity index (χ0) is 11.5. The van der Waals surface area contributed by atoms with Crippen molar-refractivity contribution < 1.29 is 5.21 Å². The second-order valence-electron chi connectivity index (χ2n) is 3.59. The Morgan fingerprint density at radius 1 is 1.38 bits per heavy atom. The molecule has 7 heteroatoms. The van der Waals surface area contributed by atoms with Crippen LogP contribution < -0.4 is 11.5 Å². The number of hydrogen-bond acceptors (Lipinski definition) is 7. The SMILES string of the molecule is Nc1cc(N)nc(SC2CCC/C2=N\O)n1. The van der Waals surface area contributed by atoms with Gasteiger partial charge in [-0.2, -0.15) is 0 Å². The quantitative estimate of drug-likeness (QED) is 0.405. The molecule has 1 atom stereocenters. The zero-order valence-corrected chi connectivity index (χ0v) is 9.44. The van der Waals surface area contributed by atoms with Crippen LogP contribution in [0.25, 0.3) is 0 Å². The van der Waals surface area contributed by atoms with E-state index in [1.807, 2.05) is 0 Å². The van der Waals surface area contributed by atoms with Crippen molar-refractivity contribution in [2.75, 3.05) is 11.5 Å². The first kappa shape index (κ1) is 11.0. The molecule has 1 unspecified atom stereocenters. The van der Waals surface area contributed by atoms with Gasteiger partial charge in [-0.3, -0.25) is 0 Å². The van der Waals surface area contributed by atoms with Gasteiger partial charge in [-0.05, 0) is 19.3 Å². The van der Waals surface area contributed by atoms with E-state index in [0.29, 0.717) is 16.8 Å². The number of nitrogens with two attached hydrogens (primary N) is 2. The second kappa shape index (κ2) is 4.56. The van der Waals surface area contributed by atoms with E-state index in [-0.39, 0.29) is 5.25 Å². The Hall–Kier alpha value is -1.50. The van der Waals surface area contributed by atoms with Crippen LogP contribution in [0.2, 0.25) is 0 Å². The van der Waals surface area contributed by atoms with E-state index in [4.69, 9.17) is 16.7 Å². The summed E-state index contributed by atoms with van der Waals surface area (Å²) in [6.45, 7) is 0. The molecule has 1 aliphatic carbocycles. The van der Waals surface area contributed by atoms with Crippen molar-refractivity contribution in [1.29, 1.82) is 0 Å². The van der Waals surface area contributed by atoms with Crippen molar-refractivity contribution in [3.05, 3.63) is 6.07 Å². The van der Waals surface area contributed by atoms with Gasteiger partial charge in [0.2, 0.25) is 0 Å². The van der Waals surface area contributed by atoms with Gasteiger partial charge in [0.05, 0.1) is 11.0 Å². The number of thioether (sulfide) groups is 1. The smallest absolute Gasteiger partial charge is 0.192 e. The number of oxime groups is 1. The van der Waals surface area contributed by atoms with Gasteiger partial charge in [-0.25, -0.2) is 9.97 Å². The third kappa shape index (κ3) is 2.35. The first-order chi connectivity index (χ1) is 7.69. The molecule has 1 aromatic heterocycles. The van der Waals surface area contributed by atoms with Crippen molar-refractivity contribution in [3.8, 4) is 0 Å². The maximum absolute atomic E-state index is 8.81. The minimum atomic E-state index is 0.131. The highest BCUT2D eigenvalue weighted by Crippen LogP contribution is 2.31. The predicted molar refractivity (Wildman–Crippen MR) is 63.6 cm³/mol. The molecule has 16 heavy (non-hydrogen) atoms. The van der Waals surface area contributed by atoms with E-state index in [2.05, 4.69) is 15.1 Å². The first-order valence-corrected chi connectivity index (χ1v) is 5.84.